The first kappa shape index (κ1) is 14.0. The summed E-state index contributed by atoms with van der Waals surface area (Å²) in [6, 6.07) is 3.84. The number of hydrogen-bond donors (Lipinski definition) is 2. The number of sulfonamides is 1. The molecule has 0 aliphatic carbocycles. The zero-order valence-corrected chi connectivity index (χ0v) is 12.3. The number of anilines is 1. The Labute approximate surface area is 122 Å². The van der Waals surface area contributed by atoms with E-state index in [9.17, 15) is 8.42 Å². The van der Waals surface area contributed by atoms with Gasteiger partial charge in [0.1, 0.15) is 0 Å². The number of aromatic amines is 1. The molecule has 3 heterocycles. The minimum absolute atomic E-state index is 0.0862. The van der Waals surface area contributed by atoms with Crippen molar-refractivity contribution >= 4 is 15.8 Å². The van der Waals surface area contributed by atoms with E-state index in [1.807, 2.05) is 19.1 Å². The van der Waals surface area contributed by atoms with Crippen LogP contribution in [0.25, 0.3) is 0 Å². The maximum absolute atomic E-state index is 11.9. The van der Waals surface area contributed by atoms with Crippen LogP contribution in [0.4, 0.5) is 5.82 Å². The lowest BCUT2D eigenvalue weighted by Crippen LogP contribution is -2.51. The molecule has 0 amide bonds. The van der Waals surface area contributed by atoms with E-state index in [0.29, 0.717) is 6.54 Å². The van der Waals surface area contributed by atoms with E-state index in [0.717, 1.165) is 24.6 Å². The molecule has 3 rings (SSSR count). The second kappa shape index (κ2) is 5.41. The lowest BCUT2D eigenvalue weighted by molar-refractivity contribution is 0.402. The summed E-state index contributed by atoms with van der Waals surface area (Å²) < 4.78 is 26.4. The Morgan fingerprint density at radius 1 is 1.38 bits per heavy atom. The van der Waals surface area contributed by atoms with Gasteiger partial charge in [-0.05, 0) is 19.1 Å². The highest BCUT2D eigenvalue weighted by Crippen LogP contribution is 2.21. The molecule has 1 fully saturated rings. The highest BCUT2D eigenvalue weighted by molar-refractivity contribution is 7.89. The molecule has 1 saturated heterocycles. The first-order valence-corrected chi connectivity index (χ1v) is 8.06. The number of nitrogens with one attached hydrogen (secondary N) is 2. The van der Waals surface area contributed by atoms with Crippen LogP contribution in [-0.2, 0) is 10.0 Å². The fourth-order valence-corrected chi connectivity index (χ4v) is 3.16. The van der Waals surface area contributed by atoms with E-state index in [-0.39, 0.29) is 10.9 Å². The normalized spacial score (nSPS) is 16.0. The summed E-state index contributed by atoms with van der Waals surface area (Å²) in [7, 11) is -3.49. The highest BCUT2D eigenvalue weighted by atomic mass is 32.2. The zero-order chi connectivity index (χ0) is 14.9. The van der Waals surface area contributed by atoms with Crippen LogP contribution >= 0.6 is 0 Å². The molecule has 2 aromatic rings. The quantitative estimate of drug-likeness (QED) is 0.801. The Morgan fingerprint density at radius 3 is 2.81 bits per heavy atom. The van der Waals surface area contributed by atoms with Crippen LogP contribution < -0.4 is 9.62 Å². The smallest absolute Gasteiger partial charge is 0.257 e. The van der Waals surface area contributed by atoms with Crippen molar-refractivity contribution in [1.82, 2.24) is 24.9 Å². The van der Waals surface area contributed by atoms with Gasteiger partial charge in [0, 0.05) is 25.6 Å². The van der Waals surface area contributed by atoms with Crippen LogP contribution in [0, 0.1) is 12.8 Å². The van der Waals surface area contributed by atoms with Gasteiger partial charge in [-0.25, -0.2) is 18.1 Å². The van der Waals surface area contributed by atoms with Gasteiger partial charge in [0.05, 0.1) is 18.2 Å². The number of imidazole rings is 1. The van der Waals surface area contributed by atoms with Crippen molar-refractivity contribution in [3.05, 3.63) is 30.4 Å². The van der Waals surface area contributed by atoms with Crippen molar-refractivity contribution in [1.29, 1.82) is 0 Å². The molecule has 2 N–H and O–H groups in total. The Morgan fingerprint density at radius 2 is 2.19 bits per heavy atom. The van der Waals surface area contributed by atoms with E-state index in [4.69, 9.17) is 0 Å². The Balaban J connectivity index is 1.50. The topological polar surface area (TPSA) is 104 Å². The maximum Gasteiger partial charge on any atom is 0.257 e. The molecule has 0 radical (unpaired) electrons. The molecule has 0 spiro atoms. The molecule has 1 aliphatic heterocycles. The third kappa shape index (κ3) is 3.03. The van der Waals surface area contributed by atoms with Gasteiger partial charge in [0.15, 0.2) is 10.8 Å². The average molecular weight is 308 g/mol. The summed E-state index contributed by atoms with van der Waals surface area (Å²) >= 11 is 0. The Kier molecular flexibility index (Phi) is 3.60. The van der Waals surface area contributed by atoms with E-state index in [1.165, 1.54) is 12.5 Å². The molecule has 0 unspecified atom stereocenters. The standard InChI is InChI=1S/C12H16N6O2S/c1-9-2-3-11(17-16-9)18-6-10(7-18)4-15-21(19,20)12-5-13-8-14-12/h2-3,5,8,10,15H,4,6-7H2,1H3,(H,13,14). The first-order valence-electron chi connectivity index (χ1n) is 6.58. The first-order chi connectivity index (χ1) is 10.0. The third-order valence-corrected chi connectivity index (χ3v) is 4.74. The molecule has 0 saturated carbocycles. The molecule has 1 aliphatic rings. The summed E-state index contributed by atoms with van der Waals surface area (Å²) in [5.74, 6) is 1.10. The molecule has 0 aromatic carbocycles. The Hall–Kier alpha value is -2.00. The van der Waals surface area contributed by atoms with Crippen molar-refractivity contribution in [2.75, 3.05) is 24.5 Å². The number of hydrogen-bond acceptors (Lipinski definition) is 6. The van der Waals surface area contributed by atoms with Gasteiger partial charge >= 0.3 is 0 Å². The SMILES string of the molecule is Cc1ccc(N2CC(CNS(=O)(=O)c3cnc[nH]3)C2)nn1. The fourth-order valence-electron chi connectivity index (χ4n) is 2.14. The maximum atomic E-state index is 11.9. The van der Waals surface area contributed by atoms with E-state index in [1.54, 1.807) is 0 Å². The van der Waals surface area contributed by atoms with Gasteiger partial charge in [-0.15, -0.1) is 5.10 Å². The highest BCUT2D eigenvalue weighted by Gasteiger charge is 2.29. The predicted octanol–water partition coefficient (Wildman–Crippen LogP) is -0.0772. The van der Waals surface area contributed by atoms with Gasteiger partial charge in [-0.1, -0.05) is 0 Å². The molecule has 9 heteroatoms. The summed E-state index contributed by atoms with van der Waals surface area (Å²) in [5.41, 5.74) is 0.878. The third-order valence-electron chi connectivity index (χ3n) is 3.39. The van der Waals surface area contributed by atoms with Gasteiger partial charge < -0.3 is 9.88 Å². The molecular weight excluding hydrogens is 292 g/mol. The van der Waals surface area contributed by atoms with Crippen LogP contribution in [-0.4, -0.2) is 48.2 Å². The van der Waals surface area contributed by atoms with E-state index in [2.05, 4.69) is 29.8 Å². The van der Waals surface area contributed by atoms with E-state index < -0.39 is 10.0 Å². The number of aromatic nitrogens is 4. The average Bonchev–Trinajstić information content (AvgIpc) is 2.93. The van der Waals surface area contributed by atoms with Crippen LogP contribution in [0.1, 0.15) is 5.69 Å². The van der Waals surface area contributed by atoms with Gasteiger partial charge in [0.25, 0.3) is 10.0 Å². The summed E-state index contributed by atoms with van der Waals surface area (Å²) in [4.78, 5) is 8.37. The monoisotopic (exact) mass is 308 g/mol. The molecular formula is C12H16N6O2S. The summed E-state index contributed by atoms with van der Waals surface area (Å²) in [6.07, 6.45) is 2.63. The second-order valence-electron chi connectivity index (χ2n) is 5.07. The molecule has 0 atom stereocenters. The van der Waals surface area contributed by atoms with Crippen molar-refractivity contribution in [2.45, 2.75) is 11.9 Å². The van der Waals surface area contributed by atoms with Crippen molar-refractivity contribution in [3.63, 3.8) is 0 Å². The van der Waals surface area contributed by atoms with Crippen LogP contribution in [0.3, 0.4) is 0 Å². The molecule has 21 heavy (non-hydrogen) atoms. The molecule has 112 valence electrons. The van der Waals surface area contributed by atoms with Gasteiger partial charge in [0.2, 0.25) is 0 Å². The predicted molar refractivity (Wildman–Crippen MR) is 76.2 cm³/mol. The van der Waals surface area contributed by atoms with Gasteiger partial charge in [-0.2, -0.15) is 5.10 Å². The minimum atomic E-state index is -3.49. The van der Waals surface area contributed by atoms with Crippen LogP contribution in [0.15, 0.2) is 29.7 Å². The largest absolute Gasteiger partial charge is 0.354 e. The fraction of sp³-hybridized carbons (Fsp3) is 0.417. The number of H-pyrrole nitrogens is 1. The Bertz CT molecular complexity index is 692. The van der Waals surface area contributed by atoms with Crippen LogP contribution in [0.5, 0.6) is 0 Å². The number of rotatable bonds is 5. The van der Waals surface area contributed by atoms with Crippen molar-refractivity contribution < 1.29 is 8.42 Å². The van der Waals surface area contributed by atoms with Gasteiger partial charge in [-0.3, -0.25) is 0 Å². The van der Waals surface area contributed by atoms with E-state index >= 15 is 0 Å². The number of nitrogens with zero attached hydrogens (tertiary/aromatic N) is 4. The van der Waals surface area contributed by atoms with Crippen molar-refractivity contribution in [2.24, 2.45) is 5.92 Å². The zero-order valence-electron chi connectivity index (χ0n) is 11.5. The van der Waals surface area contributed by atoms with Crippen molar-refractivity contribution in [3.8, 4) is 0 Å². The lowest BCUT2D eigenvalue weighted by atomic mass is 10.0. The molecule has 0 bridgehead atoms. The van der Waals surface area contributed by atoms with Crippen LogP contribution in [0.2, 0.25) is 0 Å². The summed E-state index contributed by atoms with van der Waals surface area (Å²) in [6.45, 7) is 3.82. The number of aryl methyl sites for hydroxylation is 1. The minimum Gasteiger partial charge on any atom is -0.354 e. The second-order valence-corrected chi connectivity index (χ2v) is 6.81. The summed E-state index contributed by atoms with van der Waals surface area (Å²) in [5, 5.41) is 8.21. The lowest BCUT2D eigenvalue weighted by Gasteiger charge is -2.39. The molecule has 2 aromatic heterocycles. The molecule has 8 nitrogen and oxygen atoms in total.